The third-order valence-electron chi connectivity index (χ3n) is 2.47. The Morgan fingerprint density at radius 2 is 2.43 bits per heavy atom. The summed E-state index contributed by atoms with van der Waals surface area (Å²) < 4.78 is 5.49. The van der Waals surface area contributed by atoms with Crippen LogP contribution < -0.4 is 0 Å². The van der Waals surface area contributed by atoms with Gasteiger partial charge in [-0.2, -0.15) is 0 Å². The van der Waals surface area contributed by atoms with E-state index >= 15 is 0 Å². The van der Waals surface area contributed by atoms with Crippen molar-refractivity contribution in [3.8, 4) is 0 Å². The van der Waals surface area contributed by atoms with Crippen molar-refractivity contribution in [1.29, 1.82) is 0 Å². The van der Waals surface area contributed by atoms with Gasteiger partial charge in [-0.3, -0.25) is 4.79 Å². The molecule has 1 aliphatic rings. The molecule has 1 saturated heterocycles. The molecular formula is C10H18ClNO2. The van der Waals surface area contributed by atoms with Crippen molar-refractivity contribution in [2.24, 2.45) is 0 Å². The molecule has 0 aromatic carbocycles. The van der Waals surface area contributed by atoms with Crippen molar-refractivity contribution in [1.82, 2.24) is 4.90 Å². The largest absolute Gasteiger partial charge is 0.375 e. The van der Waals surface area contributed by atoms with Crippen LogP contribution >= 0.6 is 11.6 Å². The number of amides is 1. The number of hydrogen-bond donors (Lipinski definition) is 0. The van der Waals surface area contributed by atoms with Crippen LogP contribution in [0.15, 0.2) is 0 Å². The number of hydrogen-bond acceptors (Lipinski definition) is 2. The lowest BCUT2D eigenvalue weighted by molar-refractivity contribution is -0.138. The maximum atomic E-state index is 11.6. The van der Waals surface area contributed by atoms with Crippen molar-refractivity contribution >= 4 is 17.5 Å². The van der Waals surface area contributed by atoms with E-state index in [2.05, 4.69) is 6.92 Å². The van der Waals surface area contributed by atoms with Crippen molar-refractivity contribution in [3.63, 3.8) is 0 Å². The highest BCUT2D eigenvalue weighted by Gasteiger charge is 2.22. The molecule has 0 aromatic rings. The molecule has 0 N–H and O–H groups in total. The second kappa shape index (κ2) is 6.25. The van der Waals surface area contributed by atoms with Gasteiger partial charge >= 0.3 is 0 Å². The Morgan fingerprint density at radius 3 is 3.07 bits per heavy atom. The maximum absolute atomic E-state index is 11.6. The van der Waals surface area contributed by atoms with Crippen LogP contribution in [-0.4, -0.2) is 42.5 Å². The summed E-state index contributed by atoms with van der Waals surface area (Å²) in [5.41, 5.74) is 0. The molecule has 0 radical (unpaired) electrons. The van der Waals surface area contributed by atoms with Gasteiger partial charge in [-0.15, -0.1) is 11.6 Å². The molecule has 0 spiro atoms. The molecule has 1 fully saturated rings. The van der Waals surface area contributed by atoms with Gasteiger partial charge in [-0.25, -0.2) is 0 Å². The van der Waals surface area contributed by atoms with Gasteiger partial charge < -0.3 is 9.64 Å². The van der Waals surface area contributed by atoms with Gasteiger partial charge in [0.1, 0.15) is 0 Å². The van der Waals surface area contributed by atoms with Crippen LogP contribution in [-0.2, 0) is 9.53 Å². The fourth-order valence-electron chi connectivity index (χ4n) is 1.57. The molecule has 4 heteroatoms. The summed E-state index contributed by atoms with van der Waals surface area (Å²) in [7, 11) is 0. The molecule has 1 unspecified atom stereocenters. The molecule has 14 heavy (non-hydrogen) atoms. The zero-order valence-electron chi connectivity index (χ0n) is 8.67. The van der Waals surface area contributed by atoms with E-state index in [-0.39, 0.29) is 12.0 Å². The summed E-state index contributed by atoms with van der Waals surface area (Å²) in [6, 6.07) is 0. The van der Waals surface area contributed by atoms with E-state index < -0.39 is 0 Å². The van der Waals surface area contributed by atoms with Crippen LogP contribution in [0.25, 0.3) is 0 Å². The highest BCUT2D eigenvalue weighted by molar-refractivity contribution is 6.17. The summed E-state index contributed by atoms with van der Waals surface area (Å²) in [5.74, 6) is 0.778. The first-order valence-electron chi connectivity index (χ1n) is 5.23. The molecule has 1 amide bonds. The zero-order chi connectivity index (χ0) is 10.4. The Kier molecular flexibility index (Phi) is 5.26. The SMILES string of the molecule is CCC1CN(C(=O)CCCCl)CCO1. The van der Waals surface area contributed by atoms with E-state index in [9.17, 15) is 4.79 Å². The second-order valence-electron chi connectivity index (χ2n) is 3.53. The van der Waals surface area contributed by atoms with Crippen LogP contribution in [0.4, 0.5) is 0 Å². The maximum Gasteiger partial charge on any atom is 0.222 e. The Bertz CT molecular complexity index is 187. The highest BCUT2D eigenvalue weighted by Crippen LogP contribution is 2.10. The summed E-state index contributed by atoms with van der Waals surface area (Å²) in [5, 5.41) is 0. The van der Waals surface area contributed by atoms with Crippen LogP contribution in [0.5, 0.6) is 0 Å². The molecule has 82 valence electrons. The van der Waals surface area contributed by atoms with Gasteiger partial charge in [-0.1, -0.05) is 6.92 Å². The molecule has 1 aliphatic heterocycles. The van der Waals surface area contributed by atoms with Crippen molar-refractivity contribution in [2.45, 2.75) is 32.3 Å². The zero-order valence-corrected chi connectivity index (χ0v) is 9.42. The topological polar surface area (TPSA) is 29.5 Å². The van der Waals surface area contributed by atoms with E-state index in [0.717, 1.165) is 25.9 Å². The average molecular weight is 220 g/mol. The van der Waals surface area contributed by atoms with Crippen molar-refractivity contribution in [3.05, 3.63) is 0 Å². The molecule has 0 aromatic heterocycles. The van der Waals surface area contributed by atoms with E-state index in [1.165, 1.54) is 0 Å². The Labute approximate surface area is 90.4 Å². The number of ether oxygens (including phenoxy) is 1. The Balaban J connectivity index is 2.31. The lowest BCUT2D eigenvalue weighted by atomic mass is 10.2. The highest BCUT2D eigenvalue weighted by atomic mass is 35.5. The molecule has 0 bridgehead atoms. The molecule has 1 heterocycles. The average Bonchev–Trinajstić information content (AvgIpc) is 2.26. The van der Waals surface area contributed by atoms with Crippen LogP contribution in [0.3, 0.4) is 0 Å². The normalized spacial score (nSPS) is 22.4. The number of alkyl halides is 1. The molecule has 3 nitrogen and oxygen atoms in total. The number of carbonyl (C=O) groups excluding carboxylic acids is 1. The van der Waals surface area contributed by atoms with E-state index in [4.69, 9.17) is 16.3 Å². The Hall–Kier alpha value is -0.280. The Morgan fingerprint density at radius 1 is 1.64 bits per heavy atom. The summed E-state index contributed by atoms with van der Waals surface area (Å²) >= 11 is 5.55. The van der Waals surface area contributed by atoms with Crippen LogP contribution in [0.2, 0.25) is 0 Å². The predicted molar refractivity (Wildman–Crippen MR) is 56.6 cm³/mol. The van der Waals surface area contributed by atoms with Crippen LogP contribution in [0, 0.1) is 0 Å². The summed E-state index contributed by atoms with van der Waals surface area (Å²) in [6.07, 6.45) is 2.54. The minimum absolute atomic E-state index is 0.215. The van der Waals surface area contributed by atoms with Gasteiger partial charge in [0.2, 0.25) is 5.91 Å². The van der Waals surface area contributed by atoms with Gasteiger partial charge in [0.15, 0.2) is 0 Å². The quantitative estimate of drug-likeness (QED) is 0.673. The first-order chi connectivity index (χ1) is 6.77. The monoisotopic (exact) mass is 219 g/mol. The van der Waals surface area contributed by atoms with Gasteiger partial charge in [0.05, 0.1) is 12.7 Å². The lowest BCUT2D eigenvalue weighted by Gasteiger charge is -2.32. The number of nitrogens with zero attached hydrogens (tertiary/aromatic N) is 1. The third-order valence-corrected chi connectivity index (χ3v) is 2.74. The summed E-state index contributed by atoms with van der Waals surface area (Å²) in [6.45, 7) is 4.23. The number of halogens is 1. The van der Waals surface area contributed by atoms with E-state index in [1.807, 2.05) is 4.90 Å². The van der Waals surface area contributed by atoms with Gasteiger partial charge in [-0.05, 0) is 12.8 Å². The fraction of sp³-hybridized carbons (Fsp3) is 0.900. The number of morpholine rings is 1. The summed E-state index contributed by atoms with van der Waals surface area (Å²) in [4.78, 5) is 13.5. The number of carbonyl (C=O) groups is 1. The molecule has 0 saturated carbocycles. The minimum Gasteiger partial charge on any atom is -0.375 e. The first kappa shape index (κ1) is 11.8. The van der Waals surface area contributed by atoms with Crippen LogP contribution in [0.1, 0.15) is 26.2 Å². The minimum atomic E-state index is 0.215. The number of rotatable bonds is 4. The first-order valence-corrected chi connectivity index (χ1v) is 5.76. The van der Waals surface area contributed by atoms with Gasteiger partial charge in [0, 0.05) is 25.4 Å². The van der Waals surface area contributed by atoms with Gasteiger partial charge in [0.25, 0.3) is 0 Å². The lowest BCUT2D eigenvalue weighted by Crippen LogP contribution is -2.45. The van der Waals surface area contributed by atoms with E-state index in [0.29, 0.717) is 18.9 Å². The van der Waals surface area contributed by atoms with Crippen molar-refractivity contribution in [2.75, 3.05) is 25.6 Å². The fourth-order valence-corrected chi connectivity index (χ4v) is 1.70. The predicted octanol–water partition coefficient (Wildman–Crippen LogP) is 1.64. The molecule has 0 aliphatic carbocycles. The second-order valence-corrected chi connectivity index (χ2v) is 3.91. The smallest absolute Gasteiger partial charge is 0.222 e. The molecular weight excluding hydrogens is 202 g/mol. The van der Waals surface area contributed by atoms with E-state index in [1.54, 1.807) is 0 Å². The standard InChI is InChI=1S/C10H18ClNO2/c1-2-9-8-12(6-7-14-9)10(13)4-3-5-11/h9H,2-8H2,1H3. The molecule has 1 rings (SSSR count). The third kappa shape index (κ3) is 3.46. The van der Waals surface area contributed by atoms with Crippen molar-refractivity contribution < 1.29 is 9.53 Å². The molecule has 1 atom stereocenters.